The Morgan fingerprint density at radius 3 is 2.61 bits per heavy atom. The first-order chi connectivity index (χ1) is 8.59. The molecular formula is C14H20N2O2. The van der Waals surface area contributed by atoms with Crippen LogP contribution in [0.5, 0.6) is 0 Å². The number of carboxylic acid groups (broad SMARTS) is 1. The van der Waals surface area contributed by atoms with E-state index in [1.165, 1.54) is 0 Å². The fraction of sp³-hybridized carbons (Fsp3) is 0.500. The Morgan fingerprint density at radius 1 is 1.33 bits per heavy atom. The lowest BCUT2D eigenvalue weighted by atomic mass is 9.99. The average Bonchev–Trinajstić information content (AvgIpc) is 2.36. The van der Waals surface area contributed by atoms with Gasteiger partial charge in [0, 0.05) is 24.8 Å². The highest BCUT2D eigenvalue weighted by Crippen LogP contribution is 2.25. The third kappa shape index (κ3) is 2.64. The predicted molar refractivity (Wildman–Crippen MR) is 71.9 cm³/mol. The van der Waals surface area contributed by atoms with Crippen LogP contribution in [0.3, 0.4) is 0 Å². The molecule has 0 amide bonds. The van der Waals surface area contributed by atoms with Gasteiger partial charge >= 0.3 is 5.97 Å². The first-order valence-electron chi connectivity index (χ1n) is 6.33. The van der Waals surface area contributed by atoms with Crippen LogP contribution in [0.25, 0.3) is 0 Å². The molecule has 0 aromatic heterocycles. The van der Waals surface area contributed by atoms with Crippen molar-refractivity contribution < 1.29 is 9.90 Å². The minimum atomic E-state index is -0.733. The lowest BCUT2D eigenvalue weighted by Crippen LogP contribution is -2.58. The Kier molecular flexibility index (Phi) is 3.87. The summed E-state index contributed by atoms with van der Waals surface area (Å²) in [6.07, 6.45) is 0.181. The molecule has 0 radical (unpaired) electrons. The van der Waals surface area contributed by atoms with E-state index in [0.29, 0.717) is 0 Å². The summed E-state index contributed by atoms with van der Waals surface area (Å²) >= 11 is 0. The van der Waals surface area contributed by atoms with E-state index in [2.05, 4.69) is 23.8 Å². The third-order valence-corrected chi connectivity index (χ3v) is 3.82. The van der Waals surface area contributed by atoms with Gasteiger partial charge in [-0.05, 0) is 26.1 Å². The maximum Gasteiger partial charge on any atom is 0.305 e. The number of aliphatic carboxylic acids is 1. The highest BCUT2D eigenvalue weighted by Gasteiger charge is 2.33. The first-order valence-corrected chi connectivity index (χ1v) is 6.33. The van der Waals surface area contributed by atoms with Crippen LogP contribution in [0, 0.1) is 0 Å². The van der Waals surface area contributed by atoms with E-state index >= 15 is 0 Å². The van der Waals surface area contributed by atoms with Gasteiger partial charge in [0.1, 0.15) is 0 Å². The summed E-state index contributed by atoms with van der Waals surface area (Å²) in [5.41, 5.74) is 1.11. The Morgan fingerprint density at radius 2 is 2.00 bits per heavy atom. The number of carboxylic acids is 1. The van der Waals surface area contributed by atoms with Crippen LogP contribution in [0.4, 0.5) is 5.69 Å². The van der Waals surface area contributed by atoms with Gasteiger partial charge in [0.25, 0.3) is 0 Å². The smallest absolute Gasteiger partial charge is 0.305 e. The number of hydrogen-bond acceptors (Lipinski definition) is 3. The third-order valence-electron chi connectivity index (χ3n) is 3.82. The van der Waals surface area contributed by atoms with Crippen LogP contribution in [0.2, 0.25) is 0 Å². The summed E-state index contributed by atoms with van der Waals surface area (Å²) in [6, 6.07) is 10.3. The molecule has 1 aliphatic heterocycles. The van der Waals surface area contributed by atoms with Gasteiger partial charge in [-0.15, -0.1) is 0 Å². The van der Waals surface area contributed by atoms with Gasteiger partial charge < -0.3 is 10.0 Å². The number of carbonyl (C=O) groups is 1. The zero-order valence-electron chi connectivity index (χ0n) is 10.9. The van der Waals surface area contributed by atoms with E-state index in [9.17, 15) is 4.79 Å². The van der Waals surface area contributed by atoms with Crippen molar-refractivity contribution in [1.29, 1.82) is 0 Å². The van der Waals surface area contributed by atoms with Gasteiger partial charge in [0.05, 0.1) is 12.5 Å². The van der Waals surface area contributed by atoms with Crippen molar-refractivity contribution in [3.63, 3.8) is 0 Å². The molecule has 1 heterocycles. The molecular weight excluding hydrogens is 228 g/mol. The molecule has 18 heavy (non-hydrogen) atoms. The molecule has 2 atom stereocenters. The van der Waals surface area contributed by atoms with Crippen molar-refractivity contribution in [1.82, 2.24) is 4.90 Å². The Hall–Kier alpha value is -1.55. The van der Waals surface area contributed by atoms with E-state index in [1.807, 2.05) is 30.3 Å². The number of rotatable bonds is 3. The minimum absolute atomic E-state index is 0.0312. The Bertz CT molecular complexity index is 408. The summed E-state index contributed by atoms with van der Waals surface area (Å²) in [7, 11) is 2.06. The lowest BCUT2D eigenvalue weighted by Gasteiger charge is -2.45. The van der Waals surface area contributed by atoms with Crippen LogP contribution < -0.4 is 4.90 Å². The van der Waals surface area contributed by atoms with Crippen LogP contribution in [0.1, 0.15) is 13.3 Å². The molecule has 4 nitrogen and oxygen atoms in total. The van der Waals surface area contributed by atoms with Crippen molar-refractivity contribution >= 4 is 11.7 Å². The number of piperazine rings is 1. The molecule has 98 valence electrons. The number of hydrogen-bond donors (Lipinski definition) is 1. The molecule has 1 aromatic rings. The first kappa shape index (κ1) is 12.9. The highest BCUT2D eigenvalue weighted by atomic mass is 16.4. The SMILES string of the molecule is C[C@@H]1[C@@H](CC(=O)O)N(c2ccccc2)CCN1C. The fourth-order valence-electron chi connectivity index (χ4n) is 2.59. The van der Waals surface area contributed by atoms with Gasteiger partial charge in [0.15, 0.2) is 0 Å². The normalized spacial score (nSPS) is 25.1. The van der Waals surface area contributed by atoms with Crippen molar-refractivity contribution in [2.24, 2.45) is 0 Å². The zero-order chi connectivity index (χ0) is 13.1. The Balaban J connectivity index is 2.24. The summed E-state index contributed by atoms with van der Waals surface area (Å²) in [6.45, 7) is 3.94. The molecule has 2 rings (SSSR count). The zero-order valence-corrected chi connectivity index (χ0v) is 10.9. The largest absolute Gasteiger partial charge is 0.481 e. The minimum Gasteiger partial charge on any atom is -0.481 e. The summed E-state index contributed by atoms with van der Waals surface area (Å²) in [5.74, 6) is -0.733. The lowest BCUT2D eigenvalue weighted by molar-refractivity contribution is -0.137. The molecule has 1 aliphatic rings. The molecule has 0 spiro atoms. The van der Waals surface area contributed by atoms with Crippen molar-refractivity contribution in [2.45, 2.75) is 25.4 Å². The van der Waals surface area contributed by atoms with Crippen LogP contribution in [-0.4, -0.2) is 48.2 Å². The second-order valence-electron chi connectivity index (χ2n) is 4.92. The molecule has 1 N–H and O–H groups in total. The monoisotopic (exact) mass is 248 g/mol. The van der Waals surface area contributed by atoms with Crippen LogP contribution >= 0.6 is 0 Å². The van der Waals surface area contributed by atoms with E-state index < -0.39 is 5.97 Å². The maximum absolute atomic E-state index is 11.1. The van der Waals surface area contributed by atoms with Crippen molar-refractivity contribution in [2.75, 3.05) is 25.0 Å². The van der Waals surface area contributed by atoms with Crippen molar-refractivity contribution in [3.05, 3.63) is 30.3 Å². The second-order valence-corrected chi connectivity index (χ2v) is 4.92. The van der Waals surface area contributed by atoms with Crippen LogP contribution in [-0.2, 0) is 4.79 Å². The number of benzene rings is 1. The summed E-state index contributed by atoms with van der Waals surface area (Å²) < 4.78 is 0. The predicted octanol–water partition coefficient (Wildman–Crippen LogP) is 1.67. The van der Waals surface area contributed by atoms with E-state index in [4.69, 9.17) is 5.11 Å². The molecule has 0 saturated carbocycles. The molecule has 0 unspecified atom stereocenters. The van der Waals surface area contributed by atoms with Gasteiger partial charge in [-0.2, -0.15) is 0 Å². The summed E-state index contributed by atoms with van der Waals surface area (Å²) in [5, 5.41) is 9.09. The summed E-state index contributed by atoms with van der Waals surface area (Å²) in [4.78, 5) is 15.5. The Labute approximate surface area is 108 Å². The van der Waals surface area contributed by atoms with Gasteiger partial charge in [-0.3, -0.25) is 9.69 Å². The molecule has 1 aromatic carbocycles. The molecule has 1 fully saturated rings. The number of para-hydroxylation sites is 1. The van der Waals surface area contributed by atoms with Crippen molar-refractivity contribution in [3.8, 4) is 0 Å². The second kappa shape index (κ2) is 5.40. The van der Waals surface area contributed by atoms with Gasteiger partial charge in [-0.25, -0.2) is 0 Å². The van der Waals surface area contributed by atoms with Gasteiger partial charge in [0.2, 0.25) is 0 Å². The molecule has 1 saturated heterocycles. The average molecular weight is 248 g/mol. The number of nitrogens with zero attached hydrogens (tertiary/aromatic N) is 2. The molecule has 0 bridgehead atoms. The van der Waals surface area contributed by atoms with Crippen LogP contribution in [0.15, 0.2) is 30.3 Å². The van der Waals surface area contributed by atoms with E-state index in [-0.39, 0.29) is 18.5 Å². The molecule has 0 aliphatic carbocycles. The number of likely N-dealkylation sites (N-methyl/N-ethyl adjacent to an activating group) is 1. The molecule has 4 heteroatoms. The quantitative estimate of drug-likeness (QED) is 0.883. The number of anilines is 1. The van der Waals surface area contributed by atoms with Gasteiger partial charge in [-0.1, -0.05) is 18.2 Å². The fourth-order valence-corrected chi connectivity index (χ4v) is 2.59. The topological polar surface area (TPSA) is 43.8 Å². The highest BCUT2D eigenvalue weighted by molar-refractivity contribution is 5.69. The standard InChI is InChI=1S/C14H20N2O2/c1-11-13(10-14(17)18)16(9-8-15(11)2)12-6-4-3-5-7-12/h3-7,11,13H,8-10H2,1-2H3,(H,17,18)/t11-,13-/m1/s1. The van der Waals surface area contributed by atoms with E-state index in [1.54, 1.807) is 0 Å². The van der Waals surface area contributed by atoms with E-state index in [0.717, 1.165) is 18.8 Å². The maximum atomic E-state index is 11.1.